The van der Waals surface area contributed by atoms with E-state index in [9.17, 15) is 8.78 Å². The summed E-state index contributed by atoms with van der Waals surface area (Å²) in [6.45, 7) is 12.3. The first-order valence-electron chi connectivity index (χ1n) is 13.8. The minimum atomic E-state index is -0.383. The molecule has 3 aromatic carbocycles. The van der Waals surface area contributed by atoms with Crippen molar-refractivity contribution in [3.05, 3.63) is 69.9 Å². The number of rotatable bonds is 5. The van der Waals surface area contributed by atoms with E-state index in [1.54, 1.807) is 21.5 Å². The van der Waals surface area contributed by atoms with Gasteiger partial charge in [0.2, 0.25) is 0 Å². The number of fused-ring (bicyclic) bond motifs is 3. The van der Waals surface area contributed by atoms with Gasteiger partial charge in [-0.2, -0.15) is 0 Å². The maximum Gasteiger partial charge on any atom is 0.152 e. The molecule has 13 heteroatoms. The number of benzene rings is 3. The molecule has 0 aliphatic carbocycles. The number of hydrogen-bond acceptors (Lipinski definition) is 6. The second kappa shape index (κ2) is 14.1. The zero-order valence-electron chi connectivity index (χ0n) is 25.1. The van der Waals surface area contributed by atoms with Crippen LogP contribution in [0.5, 0.6) is 5.75 Å². The van der Waals surface area contributed by atoms with E-state index in [1.807, 2.05) is 52.2 Å². The summed E-state index contributed by atoms with van der Waals surface area (Å²) in [7, 11) is 0. The van der Waals surface area contributed by atoms with E-state index < -0.39 is 0 Å². The molecule has 6 aromatic rings. The van der Waals surface area contributed by atoms with Gasteiger partial charge in [-0.25, -0.2) is 23.1 Å². The standard InChI is InChI=1S/C13H14N2O.C9H9BrFN3.C9H9ClFN3/c1-4-7-16-11-5-6-13-12(8-11)14-9-15(13)10(2)3;2*1-5(2)14-9-7(11)3-6(10)4-8(9)12-13-14/h1,5-6,8-10H,7H2,2-3H3;2*3-5H,1-2H3. The molecule has 9 nitrogen and oxygen atoms in total. The van der Waals surface area contributed by atoms with E-state index >= 15 is 0 Å². The Morgan fingerprint density at radius 3 is 2.00 bits per heavy atom. The third-order valence-corrected chi connectivity index (χ3v) is 7.05. The molecule has 0 saturated heterocycles. The lowest BCUT2D eigenvalue weighted by Gasteiger charge is -2.08. The van der Waals surface area contributed by atoms with E-state index in [1.165, 1.54) is 12.1 Å². The van der Waals surface area contributed by atoms with E-state index in [2.05, 4.69) is 65.9 Å². The van der Waals surface area contributed by atoms with Crippen LogP contribution in [0.1, 0.15) is 59.7 Å². The summed E-state index contributed by atoms with van der Waals surface area (Å²) >= 11 is 8.91. The molecule has 6 rings (SSSR count). The van der Waals surface area contributed by atoms with Crippen LogP contribution in [0.2, 0.25) is 5.02 Å². The van der Waals surface area contributed by atoms with Crippen molar-refractivity contribution in [1.29, 1.82) is 0 Å². The largest absolute Gasteiger partial charge is 0.481 e. The molecule has 230 valence electrons. The molecule has 3 heterocycles. The van der Waals surface area contributed by atoms with Crippen molar-refractivity contribution in [2.75, 3.05) is 6.61 Å². The summed E-state index contributed by atoms with van der Waals surface area (Å²) in [4.78, 5) is 4.34. The van der Waals surface area contributed by atoms with Gasteiger partial charge in [-0.3, -0.25) is 0 Å². The molecule has 0 fully saturated rings. The van der Waals surface area contributed by atoms with Crippen molar-refractivity contribution >= 4 is 60.6 Å². The molecule has 44 heavy (non-hydrogen) atoms. The van der Waals surface area contributed by atoms with Gasteiger partial charge in [-0.05, 0) is 77.9 Å². The molecule has 3 aromatic heterocycles. The lowest BCUT2D eigenvalue weighted by Crippen LogP contribution is -2.03. The fraction of sp³-hybridized carbons (Fsp3) is 0.323. The first kappa shape index (κ1) is 32.8. The summed E-state index contributed by atoms with van der Waals surface area (Å²) in [5.41, 5.74) is 3.98. The fourth-order valence-electron chi connectivity index (χ4n) is 4.35. The summed E-state index contributed by atoms with van der Waals surface area (Å²) in [5.74, 6) is 2.52. The van der Waals surface area contributed by atoms with Crippen molar-refractivity contribution in [2.45, 2.75) is 59.7 Å². The Morgan fingerprint density at radius 1 is 0.841 bits per heavy atom. The van der Waals surface area contributed by atoms with Crippen molar-refractivity contribution in [3.8, 4) is 18.1 Å². The van der Waals surface area contributed by atoms with E-state index in [0.29, 0.717) is 37.6 Å². The van der Waals surface area contributed by atoms with Gasteiger partial charge in [0.05, 0.1) is 17.4 Å². The Labute approximate surface area is 267 Å². The molecule has 0 unspecified atom stereocenters. The van der Waals surface area contributed by atoms with Crippen LogP contribution in [0.15, 0.2) is 53.3 Å². The summed E-state index contributed by atoms with van der Waals surface area (Å²) in [6.07, 6.45) is 6.99. The normalized spacial score (nSPS) is 11.2. The molecule has 0 saturated carbocycles. The number of halogens is 4. The molecule has 0 spiro atoms. The van der Waals surface area contributed by atoms with E-state index in [4.69, 9.17) is 22.8 Å². The SMILES string of the molecule is C#CCOc1ccc2c(c1)ncn2C(C)C.CC(C)n1nnc2cc(Br)cc(F)c21.CC(C)n1nnc2cc(Cl)cc(F)c21. The number of imidazole rings is 1. The van der Waals surface area contributed by atoms with Crippen LogP contribution in [-0.4, -0.2) is 46.1 Å². The third-order valence-electron chi connectivity index (χ3n) is 6.38. The lowest BCUT2D eigenvalue weighted by atomic mass is 10.3. The first-order chi connectivity index (χ1) is 20.9. The van der Waals surface area contributed by atoms with Gasteiger partial charge in [0.15, 0.2) is 11.6 Å². The van der Waals surface area contributed by atoms with Crippen molar-refractivity contribution < 1.29 is 13.5 Å². The van der Waals surface area contributed by atoms with Gasteiger partial charge in [-0.15, -0.1) is 16.6 Å². The number of terminal acetylenes is 1. The Morgan fingerprint density at radius 2 is 1.43 bits per heavy atom. The smallest absolute Gasteiger partial charge is 0.152 e. The quantitative estimate of drug-likeness (QED) is 0.170. The van der Waals surface area contributed by atoms with Crippen molar-refractivity contribution in [3.63, 3.8) is 0 Å². The highest BCUT2D eigenvalue weighted by molar-refractivity contribution is 9.10. The second-order valence-corrected chi connectivity index (χ2v) is 12.0. The topological polar surface area (TPSA) is 88.5 Å². The number of hydrogen-bond donors (Lipinski definition) is 0. The average molecular weight is 686 g/mol. The highest BCUT2D eigenvalue weighted by Gasteiger charge is 2.14. The number of ether oxygens (including phenoxy) is 1. The van der Waals surface area contributed by atoms with Crippen LogP contribution in [0.25, 0.3) is 33.1 Å². The molecule has 0 N–H and O–H groups in total. The monoisotopic (exact) mass is 684 g/mol. The van der Waals surface area contributed by atoms with Gasteiger partial charge in [-0.1, -0.05) is 43.9 Å². The number of nitrogens with zero attached hydrogens (tertiary/aromatic N) is 8. The van der Waals surface area contributed by atoms with Crippen molar-refractivity contribution in [1.82, 2.24) is 39.5 Å². The summed E-state index contributed by atoms with van der Waals surface area (Å²) in [6, 6.07) is 12.5. The van der Waals surface area contributed by atoms with Crippen molar-refractivity contribution in [2.24, 2.45) is 0 Å². The highest BCUT2D eigenvalue weighted by atomic mass is 79.9. The van der Waals surface area contributed by atoms with Crippen LogP contribution in [0.4, 0.5) is 8.78 Å². The lowest BCUT2D eigenvalue weighted by molar-refractivity contribution is 0.371. The number of aromatic nitrogens is 8. The second-order valence-electron chi connectivity index (χ2n) is 10.7. The molecule has 0 amide bonds. The van der Waals surface area contributed by atoms with Crippen LogP contribution >= 0.6 is 27.5 Å². The van der Waals surface area contributed by atoms with Crippen LogP contribution in [0.3, 0.4) is 0 Å². The Bertz CT molecular complexity index is 1850. The first-order valence-corrected chi connectivity index (χ1v) is 15.0. The van der Waals surface area contributed by atoms with Gasteiger partial charge >= 0.3 is 0 Å². The van der Waals surface area contributed by atoms with Gasteiger partial charge in [0.1, 0.15) is 34.4 Å². The molecule has 0 aliphatic heterocycles. The minimum Gasteiger partial charge on any atom is -0.481 e. The predicted octanol–water partition coefficient (Wildman–Crippen LogP) is 8.35. The van der Waals surface area contributed by atoms with Gasteiger partial charge < -0.3 is 9.30 Å². The molecule has 0 aliphatic rings. The van der Waals surface area contributed by atoms with E-state index in [-0.39, 0.29) is 30.3 Å². The molecular formula is C31H32BrClF2N8O. The Kier molecular flexibility index (Phi) is 10.5. The van der Waals surface area contributed by atoms with Gasteiger partial charge in [0, 0.05) is 33.7 Å². The molecule has 0 atom stereocenters. The predicted molar refractivity (Wildman–Crippen MR) is 173 cm³/mol. The zero-order chi connectivity index (χ0) is 32.1. The minimum absolute atomic E-state index is 0.0793. The fourth-order valence-corrected chi connectivity index (χ4v) is 4.97. The van der Waals surface area contributed by atoms with Crippen LogP contribution in [0, 0.1) is 24.0 Å². The molecule has 0 bridgehead atoms. The van der Waals surface area contributed by atoms with E-state index in [0.717, 1.165) is 16.8 Å². The third kappa shape index (κ3) is 7.34. The van der Waals surface area contributed by atoms with Crippen LogP contribution in [-0.2, 0) is 0 Å². The molecule has 0 radical (unpaired) electrons. The Hall–Kier alpha value is -4.08. The average Bonchev–Trinajstić information content (AvgIpc) is 3.69. The summed E-state index contributed by atoms with van der Waals surface area (Å²) in [5, 5.41) is 15.9. The van der Waals surface area contributed by atoms with Gasteiger partial charge in [0.25, 0.3) is 0 Å². The molecular weight excluding hydrogens is 654 g/mol. The van der Waals surface area contributed by atoms with Crippen LogP contribution < -0.4 is 4.74 Å². The Balaban J connectivity index is 0.000000151. The maximum absolute atomic E-state index is 13.6. The summed E-state index contributed by atoms with van der Waals surface area (Å²) < 4.78 is 38.4. The maximum atomic E-state index is 13.6. The highest BCUT2D eigenvalue weighted by Crippen LogP contribution is 2.25. The zero-order valence-corrected chi connectivity index (χ0v) is 27.5.